The number of esters is 2. The highest BCUT2D eigenvalue weighted by atomic mass is 16.6. The first kappa shape index (κ1) is 26.0. The van der Waals surface area contributed by atoms with Gasteiger partial charge in [0, 0.05) is 30.2 Å². The summed E-state index contributed by atoms with van der Waals surface area (Å²) in [5, 5.41) is 5.23. The number of carbonyl (C=O) groups is 4. The van der Waals surface area contributed by atoms with E-state index >= 15 is 0 Å². The number of ether oxygens (including phenoxy) is 3. The molecule has 2 N–H and O–H groups in total. The summed E-state index contributed by atoms with van der Waals surface area (Å²) in [4.78, 5) is 48.5. The maximum atomic E-state index is 12.5. The summed E-state index contributed by atoms with van der Waals surface area (Å²) in [6.45, 7) is 11.3. The average Bonchev–Trinajstić information content (AvgIpc) is 2.73. The average molecular weight is 440 g/mol. The second-order valence-electron chi connectivity index (χ2n) is 7.26. The van der Waals surface area contributed by atoms with Crippen LogP contribution in [0.2, 0.25) is 0 Å². The molecule has 1 atom stereocenters. The molecular formula is C21H33N3O7. The van der Waals surface area contributed by atoms with E-state index in [1.165, 1.54) is 6.92 Å². The van der Waals surface area contributed by atoms with Gasteiger partial charge in [-0.1, -0.05) is 13.2 Å². The van der Waals surface area contributed by atoms with Crippen molar-refractivity contribution in [2.45, 2.75) is 45.6 Å². The van der Waals surface area contributed by atoms with Crippen LogP contribution >= 0.6 is 0 Å². The van der Waals surface area contributed by atoms with Crippen molar-refractivity contribution in [3.63, 3.8) is 0 Å². The van der Waals surface area contributed by atoms with Gasteiger partial charge in [0.1, 0.15) is 13.2 Å². The van der Waals surface area contributed by atoms with Crippen molar-refractivity contribution in [2.75, 3.05) is 39.5 Å². The molecule has 0 radical (unpaired) electrons. The third-order valence-corrected chi connectivity index (χ3v) is 4.49. The number of likely N-dealkylation sites (tertiary alicyclic amines) is 1. The number of piperidine rings is 1. The number of hydrogen-bond donors (Lipinski definition) is 2. The minimum absolute atomic E-state index is 0.0268. The molecule has 1 saturated heterocycles. The fraction of sp³-hybridized carbons (Fsp3) is 0.619. The minimum atomic E-state index is -0.613. The van der Waals surface area contributed by atoms with Gasteiger partial charge >= 0.3 is 24.1 Å². The molecule has 10 heteroatoms. The molecule has 0 aromatic rings. The zero-order valence-electron chi connectivity index (χ0n) is 18.4. The Hall–Kier alpha value is -3.04. The van der Waals surface area contributed by atoms with Crippen LogP contribution in [0, 0.1) is 0 Å². The molecule has 3 amide bonds. The molecule has 1 unspecified atom stereocenters. The van der Waals surface area contributed by atoms with Crippen molar-refractivity contribution in [1.29, 1.82) is 0 Å². The summed E-state index contributed by atoms with van der Waals surface area (Å²) in [6, 6.07) is -0.282. The van der Waals surface area contributed by atoms with Gasteiger partial charge in [-0.3, -0.25) is 0 Å². The van der Waals surface area contributed by atoms with Gasteiger partial charge in [0.05, 0.1) is 19.7 Å². The van der Waals surface area contributed by atoms with Crippen molar-refractivity contribution in [2.24, 2.45) is 0 Å². The number of rotatable bonds is 11. The molecule has 174 valence electrons. The first-order valence-corrected chi connectivity index (χ1v) is 10.3. The Balaban J connectivity index is 2.27. The zero-order valence-corrected chi connectivity index (χ0v) is 18.4. The van der Waals surface area contributed by atoms with Crippen molar-refractivity contribution in [3.8, 4) is 0 Å². The molecule has 0 aromatic carbocycles. The van der Waals surface area contributed by atoms with Crippen LogP contribution < -0.4 is 10.6 Å². The van der Waals surface area contributed by atoms with Gasteiger partial charge in [-0.15, -0.1) is 0 Å². The predicted octanol–water partition coefficient (Wildman–Crippen LogP) is 1.91. The van der Waals surface area contributed by atoms with E-state index < -0.39 is 18.0 Å². The first-order chi connectivity index (χ1) is 14.7. The standard InChI is InChI=1S/C21H33N3O7/c1-15(2)18(25)29-13-9-22-20(27)24-11-6-5-7-17(24)8-12-31-21(28)23-10-14-30-19(26)16(3)4/h17H,1,3,5-14H2,2,4H3,(H,22,27)(H,23,28). The maximum Gasteiger partial charge on any atom is 0.407 e. The first-order valence-electron chi connectivity index (χ1n) is 10.3. The number of carbonyl (C=O) groups excluding carboxylic acids is 4. The lowest BCUT2D eigenvalue weighted by Crippen LogP contribution is -2.49. The SMILES string of the molecule is C=C(C)C(=O)OCCNC(=O)OCCC1CCCCN1C(=O)NCCOC(=O)C(=C)C. The summed E-state index contributed by atoms with van der Waals surface area (Å²) in [5.41, 5.74) is 0.593. The number of urea groups is 1. The fourth-order valence-corrected chi connectivity index (χ4v) is 2.85. The highest BCUT2D eigenvalue weighted by Gasteiger charge is 2.26. The normalized spacial score (nSPS) is 15.4. The topological polar surface area (TPSA) is 123 Å². The molecular weight excluding hydrogens is 406 g/mol. The van der Waals surface area contributed by atoms with Gasteiger partial charge in [0.2, 0.25) is 0 Å². The summed E-state index contributed by atoms with van der Waals surface area (Å²) < 4.78 is 15.0. The molecule has 0 aliphatic carbocycles. The number of nitrogens with one attached hydrogen (secondary N) is 2. The summed E-state index contributed by atoms with van der Waals surface area (Å²) in [7, 11) is 0. The highest BCUT2D eigenvalue weighted by molar-refractivity contribution is 5.87. The van der Waals surface area contributed by atoms with E-state index in [2.05, 4.69) is 23.8 Å². The number of hydrogen-bond acceptors (Lipinski definition) is 7. The summed E-state index contributed by atoms with van der Waals surface area (Å²) in [5.74, 6) is -1.01. The second kappa shape index (κ2) is 14.1. The minimum Gasteiger partial charge on any atom is -0.460 e. The molecule has 0 aromatic heterocycles. The monoisotopic (exact) mass is 439 g/mol. The molecule has 1 aliphatic heterocycles. The van der Waals surface area contributed by atoms with Crippen LogP contribution in [0.15, 0.2) is 24.3 Å². The Morgan fingerprint density at radius 3 is 2.03 bits per heavy atom. The molecule has 1 fully saturated rings. The number of nitrogens with zero attached hydrogens (tertiary/aromatic N) is 1. The Kier molecular flexibility index (Phi) is 11.8. The molecule has 1 heterocycles. The smallest absolute Gasteiger partial charge is 0.407 e. The van der Waals surface area contributed by atoms with Gasteiger partial charge in [0.25, 0.3) is 0 Å². The van der Waals surface area contributed by atoms with E-state index in [1.807, 2.05) is 0 Å². The van der Waals surface area contributed by atoms with Gasteiger partial charge in [-0.25, -0.2) is 19.2 Å². The van der Waals surface area contributed by atoms with Gasteiger partial charge in [-0.05, 0) is 33.1 Å². The largest absolute Gasteiger partial charge is 0.460 e. The molecule has 0 bridgehead atoms. The Morgan fingerprint density at radius 1 is 0.871 bits per heavy atom. The molecule has 0 spiro atoms. The number of alkyl carbamates (subject to hydrolysis) is 1. The quantitative estimate of drug-likeness (QED) is 0.218. The zero-order chi connectivity index (χ0) is 23.2. The molecule has 1 rings (SSSR count). The van der Waals surface area contributed by atoms with Crippen molar-refractivity contribution in [1.82, 2.24) is 15.5 Å². The molecule has 0 saturated carbocycles. The van der Waals surface area contributed by atoms with E-state index in [-0.39, 0.29) is 50.6 Å². The van der Waals surface area contributed by atoms with Crippen LogP contribution in [0.3, 0.4) is 0 Å². The highest BCUT2D eigenvalue weighted by Crippen LogP contribution is 2.19. The summed E-state index contributed by atoms with van der Waals surface area (Å²) >= 11 is 0. The van der Waals surface area contributed by atoms with Gasteiger partial charge in [-0.2, -0.15) is 0 Å². The van der Waals surface area contributed by atoms with E-state index in [1.54, 1.807) is 11.8 Å². The van der Waals surface area contributed by atoms with E-state index in [0.717, 1.165) is 19.3 Å². The van der Waals surface area contributed by atoms with Crippen LogP contribution in [-0.2, 0) is 23.8 Å². The summed E-state index contributed by atoms with van der Waals surface area (Å²) in [6.07, 6.45) is 2.61. The van der Waals surface area contributed by atoms with Crippen LogP contribution in [0.1, 0.15) is 39.5 Å². The van der Waals surface area contributed by atoms with E-state index in [9.17, 15) is 19.2 Å². The van der Waals surface area contributed by atoms with Gasteiger partial charge in [0.15, 0.2) is 0 Å². The lowest BCUT2D eigenvalue weighted by Gasteiger charge is -2.35. The van der Waals surface area contributed by atoms with Crippen LogP contribution in [0.5, 0.6) is 0 Å². The predicted molar refractivity (Wildman–Crippen MR) is 113 cm³/mol. The van der Waals surface area contributed by atoms with Gasteiger partial charge < -0.3 is 29.7 Å². The Bertz CT molecular complexity index is 678. The lowest BCUT2D eigenvalue weighted by molar-refractivity contribution is -0.139. The fourth-order valence-electron chi connectivity index (χ4n) is 2.85. The van der Waals surface area contributed by atoms with Crippen molar-refractivity contribution in [3.05, 3.63) is 24.3 Å². The van der Waals surface area contributed by atoms with Crippen LogP contribution in [0.25, 0.3) is 0 Å². The third kappa shape index (κ3) is 10.5. The second-order valence-corrected chi connectivity index (χ2v) is 7.26. The Labute approximate surface area is 182 Å². The van der Waals surface area contributed by atoms with Crippen molar-refractivity contribution < 1.29 is 33.4 Å². The maximum absolute atomic E-state index is 12.5. The molecule has 31 heavy (non-hydrogen) atoms. The van der Waals surface area contributed by atoms with Crippen molar-refractivity contribution >= 4 is 24.1 Å². The van der Waals surface area contributed by atoms with E-state index in [0.29, 0.717) is 18.5 Å². The van der Waals surface area contributed by atoms with Crippen LogP contribution in [0.4, 0.5) is 9.59 Å². The lowest BCUT2D eigenvalue weighted by atomic mass is 10.0. The van der Waals surface area contributed by atoms with Crippen LogP contribution in [-0.4, -0.2) is 74.5 Å². The van der Waals surface area contributed by atoms with E-state index in [4.69, 9.17) is 14.2 Å². The molecule has 10 nitrogen and oxygen atoms in total. The number of amides is 3. The molecule has 1 aliphatic rings. The Morgan fingerprint density at radius 2 is 1.45 bits per heavy atom. The third-order valence-electron chi connectivity index (χ3n) is 4.49.